The standard InChI is InChI=1S/C19H25N3O3/c1-13-10-16(21-6-8-25-9-7-21)4-5-17(13)20-19(24)14-11-18(23)22(12-14)15-2-3-15/h4-5,10,14-15H,2-3,6-9,11-12H2,1H3,(H,20,24). The molecule has 0 spiro atoms. The highest BCUT2D eigenvalue weighted by Gasteiger charge is 2.41. The van der Waals surface area contributed by atoms with Gasteiger partial charge in [0, 0.05) is 43.5 Å². The number of anilines is 2. The summed E-state index contributed by atoms with van der Waals surface area (Å²) < 4.78 is 5.39. The molecule has 1 unspecified atom stereocenters. The van der Waals surface area contributed by atoms with Crippen molar-refractivity contribution < 1.29 is 14.3 Å². The van der Waals surface area contributed by atoms with Crippen LogP contribution in [0.4, 0.5) is 11.4 Å². The second kappa shape index (κ2) is 6.67. The van der Waals surface area contributed by atoms with Gasteiger partial charge in [-0.05, 0) is 43.5 Å². The lowest BCUT2D eigenvalue weighted by Crippen LogP contribution is -2.36. The van der Waals surface area contributed by atoms with Crippen molar-refractivity contribution >= 4 is 23.2 Å². The Bertz CT molecular complexity index is 680. The van der Waals surface area contributed by atoms with Crippen LogP contribution in [-0.2, 0) is 14.3 Å². The fourth-order valence-corrected chi connectivity index (χ4v) is 3.69. The Morgan fingerprint density at radius 1 is 1.24 bits per heavy atom. The van der Waals surface area contributed by atoms with E-state index in [4.69, 9.17) is 4.74 Å². The van der Waals surface area contributed by atoms with Crippen molar-refractivity contribution in [3.05, 3.63) is 23.8 Å². The molecule has 0 aromatic heterocycles. The molecule has 0 bridgehead atoms. The Hall–Kier alpha value is -2.08. The second-order valence-corrected chi connectivity index (χ2v) is 7.27. The second-order valence-electron chi connectivity index (χ2n) is 7.27. The Morgan fingerprint density at radius 2 is 2.00 bits per heavy atom. The van der Waals surface area contributed by atoms with Crippen LogP contribution >= 0.6 is 0 Å². The largest absolute Gasteiger partial charge is 0.378 e. The molecule has 1 atom stereocenters. The van der Waals surface area contributed by atoms with E-state index in [1.807, 2.05) is 24.0 Å². The van der Waals surface area contributed by atoms with Gasteiger partial charge in [-0.2, -0.15) is 0 Å². The number of carbonyl (C=O) groups is 2. The van der Waals surface area contributed by atoms with Gasteiger partial charge in [0.25, 0.3) is 0 Å². The summed E-state index contributed by atoms with van der Waals surface area (Å²) in [7, 11) is 0. The van der Waals surface area contributed by atoms with Crippen molar-refractivity contribution in [3.63, 3.8) is 0 Å². The summed E-state index contributed by atoms with van der Waals surface area (Å²) in [5.74, 6) is -0.146. The molecule has 3 fully saturated rings. The quantitative estimate of drug-likeness (QED) is 0.905. The summed E-state index contributed by atoms with van der Waals surface area (Å²) >= 11 is 0. The van der Waals surface area contributed by atoms with E-state index in [0.717, 1.165) is 56.1 Å². The summed E-state index contributed by atoms with van der Waals surface area (Å²) in [6, 6.07) is 6.51. The van der Waals surface area contributed by atoms with E-state index < -0.39 is 0 Å². The first-order chi connectivity index (χ1) is 12.1. The van der Waals surface area contributed by atoms with E-state index in [1.165, 1.54) is 0 Å². The first-order valence-electron chi connectivity index (χ1n) is 9.15. The number of rotatable bonds is 4. The maximum Gasteiger partial charge on any atom is 0.229 e. The molecule has 1 aliphatic carbocycles. The molecule has 6 nitrogen and oxygen atoms in total. The third-order valence-electron chi connectivity index (χ3n) is 5.36. The lowest BCUT2D eigenvalue weighted by atomic mass is 10.1. The summed E-state index contributed by atoms with van der Waals surface area (Å²) in [4.78, 5) is 28.8. The minimum Gasteiger partial charge on any atom is -0.378 e. The Kier molecular flexibility index (Phi) is 4.37. The highest BCUT2D eigenvalue weighted by Crippen LogP contribution is 2.33. The van der Waals surface area contributed by atoms with Gasteiger partial charge in [0.2, 0.25) is 11.8 Å². The maximum atomic E-state index is 12.6. The van der Waals surface area contributed by atoms with Gasteiger partial charge < -0.3 is 19.9 Å². The number of aryl methyl sites for hydroxylation is 1. The number of ether oxygens (including phenoxy) is 1. The van der Waals surface area contributed by atoms with E-state index >= 15 is 0 Å². The van der Waals surface area contributed by atoms with Gasteiger partial charge in [-0.25, -0.2) is 0 Å². The fourth-order valence-electron chi connectivity index (χ4n) is 3.69. The Labute approximate surface area is 148 Å². The van der Waals surface area contributed by atoms with Crippen LogP contribution in [0.25, 0.3) is 0 Å². The molecule has 134 valence electrons. The predicted octanol–water partition coefficient (Wildman–Crippen LogP) is 1.78. The number of likely N-dealkylation sites (tertiary alicyclic amines) is 1. The van der Waals surface area contributed by atoms with E-state index in [0.29, 0.717) is 19.0 Å². The minimum atomic E-state index is -0.230. The van der Waals surface area contributed by atoms with Gasteiger partial charge >= 0.3 is 0 Å². The van der Waals surface area contributed by atoms with Crippen LogP contribution in [0.2, 0.25) is 0 Å². The molecule has 1 aromatic rings. The highest BCUT2D eigenvalue weighted by atomic mass is 16.5. The number of morpholine rings is 1. The molecule has 6 heteroatoms. The molecule has 1 N–H and O–H groups in total. The number of hydrogen-bond donors (Lipinski definition) is 1. The van der Waals surface area contributed by atoms with E-state index in [1.54, 1.807) is 0 Å². The van der Waals surface area contributed by atoms with Gasteiger partial charge in [-0.3, -0.25) is 9.59 Å². The Morgan fingerprint density at radius 3 is 2.68 bits per heavy atom. The molecule has 2 heterocycles. The molecule has 0 radical (unpaired) electrons. The van der Waals surface area contributed by atoms with Crippen molar-refractivity contribution in [2.24, 2.45) is 5.92 Å². The average Bonchev–Trinajstić information content (AvgIpc) is 3.39. The zero-order valence-corrected chi connectivity index (χ0v) is 14.7. The molecule has 1 aromatic carbocycles. The van der Waals surface area contributed by atoms with Gasteiger partial charge in [0.1, 0.15) is 0 Å². The van der Waals surface area contributed by atoms with Crippen LogP contribution < -0.4 is 10.2 Å². The Balaban J connectivity index is 1.40. The molecule has 1 saturated carbocycles. The highest BCUT2D eigenvalue weighted by molar-refractivity contribution is 5.98. The van der Waals surface area contributed by atoms with E-state index in [2.05, 4.69) is 16.3 Å². The van der Waals surface area contributed by atoms with Crippen LogP contribution in [0.15, 0.2) is 18.2 Å². The van der Waals surface area contributed by atoms with Crippen LogP contribution in [0.3, 0.4) is 0 Å². The first kappa shape index (κ1) is 16.4. The number of carbonyl (C=O) groups excluding carboxylic acids is 2. The first-order valence-corrected chi connectivity index (χ1v) is 9.15. The van der Waals surface area contributed by atoms with Crippen molar-refractivity contribution in [1.82, 2.24) is 4.90 Å². The zero-order valence-electron chi connectivity index (χ0n) is 14.7. The average molecular weight is 343 g/mol. The third kappa shape index (κ3) is 3.49. The third-order valence-corrected chi connectivity index (χ3v) is 5.36. The number of nitrogens with zero attached hydrogens (tertiary/aromatic N) is 2. The van der Waals surface area contributed by atoms with Crippen LogP contribution in [0.1, 0.15) is 24.8 Å². The van der Waals surface area contributed by atoms with Gasteiger partial charge in [0.05, 0.1) is 19.1 Å². The molecular weight excluding hydrogens is 318 g/mol. The van der Waals surface area contributed by atoms with Crippen molar-refractivity contribution in [3.8, 4) is 0 Å². The van der Waals surface area contributed by atoms with Gasteiger partial charge in [-0.1, -0.05) is 0 Å². The van der Waals surface area contributed by atoms with Crippen molar-refractivity contribution in [2.75, 3.05) is 43.1 Å². The lowest BCUT2D eigenvalue weighted by Gasteiger charge is -2.29. The van der Waals surface area contributed by atoms with Crippen LogP contribution in [-0.4, -0.2) is 55.6 Å². The summed E-state index contributed by atoms with van der Waals surface area (Å²) in [5, 5.41) is 3.02. The topological polar surface area (TPSA) is 61.9 Å². The molecule has 2 amide bonds. The normalized spacial score (nSPS) is 23.9. The number of amides is 2. The number of benzene rings is 1. The van der Waals surface area contributed by atoms with E-state index in [-0.39, 0.29) is 17.7 Å². The molecule has 4 rings (SSSR count). The summed E-state index contributed by atoms with van der Waals surface area (Å²) in [5.41, 5.74) is 3.04. The molecular formula is C19H25N3O3. The predicted molar refractivity (Wildman–Crippen MR) is 95.7 cm³/mol. The van der Waals surface area contributed by atoms with Crippen molar-refractivity contribution in [2.45, 2.75) is 32.2 Å². The SMILES string of the molecule is Cc1cc(N2CCOCC2)ccc1NC(=O)C1CC(=O)N(C2CC2)C1. The fraction of sp³-hybridized carbons (Fsp3) is 0.579. The monoisotopic (exact) mass is 343 g/mol. The van der Waals surface area contributed by atoms with Crippen LogP contribution in [0, 0.1) is 12.8 Å². The van der Waals surface area contributed by atoms with Crippen LogP contribution in [0.5, 0.6) is 0 Å². The maximum absolute atomic E-state index is 12.6. The summed E-state index contributed by atoms with van der Waals surface area (Å²) in [6.07, 6.45) is 2.51. The van der Waals surface area contributed by atoms with Gasteiger partial charge in [0.15, 0.2) is 0 Å². The number of nitrogens with one attached hydrogen (secondary N) is 1. The van der Waals surface area contributed by atoms with E-state index in [9.17, 15) is 9.59 Å². The molecule has 2 saturated heterocycles. The lowest BCUT2D eigenvalue weighted by molar-refractivity contribution is -0.128. The minimum absolute atomic E-state index is 0.0428. The van der Waals surface area contributed by atoms with Crippen molar-refractivity contribution in [1.29, 1.82) is 0 Å². The molecule has 2 aliphatic heterocycles. The zero-order chi connectivity index (χ0) is 17.4. The van der Waals surface area contributed by atoms with Gasteiger partial charge in [-0.15, -0.1) is 0 Å². The molecule has 3 aliphatic rings. The molecule has 25 heavy (non-hydrogen) atoms. The smallest absolute Gasteiger partial charge is 0.229 e. The summed E-state index contributed by atoms with van der Waals surface area (Å²) in [6.45, 7) is 5.88. The number of hydrogen-bond acceptors (Lipinski definition) is 4.